The van der Waals surface area contributed by atoms with Gasteiger partial charge in [0.05, 0.1) is 17.9 Å². The van der Waals surface area contributed by atoms with Crippen molar-refractivity contribution < 1.29 is 5.11 Å². The molecule has 3 aromatic rings. The van der Waals surface area contributed by atoms with Crippen molar-refractivity contribution in [3.63, 3.8) is 0 Å². The topological polar surface area (TPSA) is 67.1 Å². The Bertz CT molecular complexity index is 965. The lowest BCUT2D eigenvalue weighted by atomic mass is 9.91. The monoisotopic (exact) mass is 377 g/mol. The van der Waals surface area contributed by atoms with Gasteiger partial charge in [-0.1, -0.05) is 24.3 Å². The minimum Gasteiger partial charge on any atom is -0.396 e. The normalized spacial score (nSPS) is 16.5. The molecule has 3 heterocycles. The molecule has 6 nitrogen and oxygen atoms in total. The third-order valence-corrected chi connectivity index (χ3v) is 5.43. The van der Waals surface area contributed by atoms with Gasteiger partial charge < -0.3 is 10.0 Å². The van der Waals surface area contributed by atoms with Crippen LogP contribution in [0.5, 0.6) is 0 Å². The first kappa shape index (κ1) is 18.6. The van der Waals surface area contributed by atoms with Crippen molar-refractivity contribution >= 4 is 5.95 Å². The van der Waals surface area contributed by atoms with E-state index in [0.29, 0.717) is 18.4 Å². The quantitative estimate of drug-likeness (QED) is 0.734. The van der Waals surface area contributed by atoms with Gasteiger partial charge in [0, 0.05) is 37.2 Å². The summed E-state index contributed by atoms with van der Waals surface area (Å²) in [4.78, 5) is 11.8. The van der Waals surface area contributed by atoms with Crippen LogP contribution in [-0.2, 0) is 6.42 Å². The van der Waals surface area contributed by atoms with E-state index in [9.17, 15) is 5.11 Å². The number of aliphatic hydroxyl groups is 1. The molecule has 6 heteroatoms. The lowest BCUT2D eigenvalue weighted by molar-refractivity contribution is 0.271. The second kappa shape index (κ2) is 7.72. The number of fused-ring (bicyclic) bond motifs is 1. The molecule has 1 aromatic carbocycles. The maximum Gasteiger partial charge on any atom is 0.226 e. The Balaban J connectivity index is 1.72. The van der Waals surface area contributed by atoms with Gasteiger partial charge in [0.1, 0.15) is 0 Å². The number of anilines is 1. The first-order chi connectivity index (χ1) is 13.6. The van der Waals surface area contributed by atoms with E-state index in [1.54, 1.807) is 0 Å². The third kappa shape index (κ3) is 3.40. The average molecular weight is 377 g/mol. The van der Waals surface area contributed by atoms with Gasteiger partial charge in [0.15, 0.2) is 0 Å². The van der Waals surface area contributed by atoms with Crippen molar-refractivity contribution in [2.75, 3.05) is 18.1 Å². The van der Waals surface area contributed by atoms with Crippen LogP contribution < -0.4 is 4.90 Å². The summed E-state index contributed by atoms with van der Waals surface area (Å²) < 4.78 is 1.95. The van der Waals surface area contributed by atoms with Crippen LogP contribution in [0, 0.1) is 6.92 Å². The molecule has 4 rings (SSSR count). The molecule has 1 aliphatic rings. The zero-order valence-corrected chi connectivity index (χ0v) is 16.7. The van der Waals surface area contributed by atoms with Crippen molar-refractivity contribution in [1.29, 1.82) is 0 Å². The predicted molar refractivity (Wildman–Crippen MR) is 110 cm³/mol. The zero-order valence-electron chi connectivity index (χ0n) is 16.7. The Morgan fingerprint density at radius 2 is 2.04 bits per heavy atom. The molecule has 146 valence electrons. The molecule has 0 saturated carbocycles. The van der Waals surface area contributed by atoms with Crippen LogP contribution >= 0.6 is 0 Å². The van der Waals surface area contributed by atoms with Gasteiger partial charge in [-0.3, -0.25) is 4.68 Å². The zero-order chi connectivity index (χ0) is 19.7. The minimum absolute atomic E-state index is 0.0869. The highest BCUT2D eigenvalue weighted by molar-refractivity contribution is 5.62. The molecule has 28 heavy (non-hydrogen) atoms. The first-order valence-electron chi connectivity index (χ1n) is 9.92. The smallest absolute Gasteiger partial charge is 0.226 e. The molecule has 0 bridgehead atoms. The van der Waals surface area contributed by atoms with Gasteiger partial charge in [-0.05, 0) is 50.3 Å². The Morgan fingerprint density at radius 1 is 1.21 bits per heavy atom. The van der Waals surface area contributed by atoms with Crippen LogP contribution in [-0.4, -0.2) is 38.0 Å². The number of aromatic nitrogens is 4. The number of rotatable bonds is 5. The number of aryl methyl sites for hydroxylation is 1. The van der Waals surface area contributed by atoms with E-state index in [1.165, 1.54) is 11.1 Å². The molecule has 1 unspecified atom stereocenters. The van der Waals surface area contributed by atoms with Gasteiger partial charge in [-0.15, -0.1) is 0 Å². The van der Waals surface area contributed by atoms with Crippen molar-refractivity contribution in [2.45, 2.75) is 45.7 Å². The number of hydrogen-bond acceptors (Lipinski definition) is 5. The molecule has 0 aliphatic carbocycles. The molecule has 0 amide bonds. The highest BCUT2D eigenvalue weighted by atomic mass is 16.3. The Morgan fingerprint density at radius 3 is 2.79 bits per heavy atom. The van der Waals surface area contributed by atoms with E-state index in [4.69, 9.17) is 4.98 Å². The van der Waals surface area contributed by atoms with Gasteiger partial charge >= 0.3 is 0 Å². The van der Waals surface area contributed by atoms with Gasteiger partial charge in [-0.2, -0.15) is 5.10 Å². The summed E-state index contributed by atoms with van der Waals surface area (Å²) in [6.45, 7) is 7.23. The molecule has 1 aliphatic heterocycles. The second-order valence-electron chi connectivity index (χ2n) is 7.67. The third-order valence-electron chi connectivity index (χ3n) is 5.43. The molecule has 0 saturated heterocycles. The van der Waals surface area contributed by atoms with Crippen molar-refractivity contribution in [3.05, 3.63) is 59.5 Å². The molecular formula is C22H27N5O. The van der Waals surface area contributed by atoms with Crippen LogP contribution in [0.15, 0.2) is 42.9 Å². The maximum atomic E-state index is 9.66. The van der Waals surface area contributed by atoms with Gasteiger partial charge in [-0.25, -0.2) is 9.97 Å². The summed E-state index contributed by atoms with van der Waals surface area (Å²) in [6.07, 6.45) is 7.42. The van der Waals surface area contributed by atoms with Crippen LogP contribution in [0.4, 0.5) is 5.95 Å². The van der Waals surface area contributed by atoms with E-state index in [0.717, 1.165) is 29.8 Å². The number of hydrogen-bond donors (Lipinski definition) is 1. The van der Waals surface area contributed by atoms with Gasteiger partial charge in [0.2, 0.25) is 5.95 Å². The molecule has 2 aromatic heterocycles. The lowest BCUT2D eigenvalue weighted by Gasteiger charge is -2.37. The number of benzene rings is 1. The second-order valence-corrected chi connectivity index (χ2v) is 7.67. The highest BCUT2D eigenvalue weighted by Gasteiger charge is 2.29. The van der Waals surface area contributed by atoms with Crippen LogP contribution in [0.2, 0.25) is 0 Å². The fourth-order valence-corrected chi connectivity index (χ4v) is 3.93. The summed E-state index contributed by atoms with van der Waals surface area (Å²) in [5, 5.41) is 14.1. The molecule has 1 N–H and O–H groups in total. The molecule has 0 fully saturated rings. The molecule has 0 spiro atoms. The van der Waals surface area contributed by atoms with E-state index in [1.807, 2.05) is 30.2 Å². The average Bonchev–Trinajstić information content (AvgIpc) is 3.19. The SMILES string of the molecule is Cc1cnc(N2CCc3ccccc3C2CCO)nc1-c1cnn(C(C)C)c1. The Kier molecular flexibility index (Phi) is 5.13. The molecule has 0 radical (unpaired) electrons. The summed E-state index contributed by atoms with van der Waals surface area (Å²) >= 11 is 0. The summed E-state index contributed by atoms with van der Waals surface area (Å²) in [5.74, 6) is 0.714. The largest absolute Gasteiger partial charge is 0.396 e. The van der Waals surface area contributed by atoms with E-state index >= 15 is 0 Å². The van der Waals surface area contributed by atoms with E-state index in [2.05, 4.69) is 53.1 Å². The van der Waals surface area contributed by atoms with Crippen molar-refractivity contribution in [3.8, 4) is 11.3 Å². The number of nitrogens with zero attached hydrogens (tertiary/aromatic N) is 5. The Hall–Kier alpha value is -2.73. The van der Waals surface area contributed by atoms with Gasteiger partial charge in [0.25, 0.3) is 0 Å². The fourth-order valence-electron chi connectivity index (χ4n) is 3.93. The van der Waals surface area contributed by atoms with E-state index in [-0.39, 0.29) is 12.6 Å². The maximum absolute atomic E-state index is 9.66. The fraction of sp³-hybridized carbons (Fsp3) is 0.409. The van der Waals surface area contributed by atoms with Crippen LogP contribution in [0.1, 0.15) is 49.0 Å². The standard InChI is InChI=1S/C22H27N5O/c1-15(2)27-14-18(13-24-27)21-16(3)12-23-22(25-21)26-10-8-17-6-4-5-7-19(17)20(26)9-11-28/h4-7,12-15,20,28H,8-11H2,1-3H3. The minimum atomic E-state index is 0.0869. The lowest BCUT2D eigenvalue weighted by Crippen LogP contribution is -2.37. The first-order valence-corrected chi connectivity index (χ1v) is 9.92. The van der Waals surface area contributed by atoms with Crippen molar-refractivity contribution in [2.24, 2.45) is 0 Å². The summed E-state index contributed by atoms with van der Waals surface area (Å²) in [6, 6.07) is 8.88. The predicted octanol–water partition coefficient (Wildman–Crippen LogP) is 3.72. The Labute approximate surface area is 165 Å². The summed E-state index contributed by atoms with van der Waals surface area (Å²) in [5.41, 5.74) is 5.57. The number of aliphatic hydroxyl groups excluding tert-OH is 1. The molecule has 1 atom stereocenters. The molecular weight excluding hydrogens is 350 g/mol. The van der Waals surface area contributed by atoms with Crippen LogP contribution in [0.3, 0.4) is 0 Å². The van der Waals surface area contributed by atoms with Crippen LogP contribution in [0.25, 0.3) is 11.3 Å². The highest BCUT2D eigenvalue weighted by Crippen LogP contribution is 2.35. The van der Waals surface area contributed by atoms with Crippen molar-refractivity contribution in [1.82, 2.24) is 19.7 Å². The summed E-state index contributed by atoms with van der Waals surface area (Å²) in [7, 11) is 0. The van der Waals surface area contributed by atoms with E-state index < -0.39 is 0 Å².